The van der Waals surface area contributed by atoms with E-state index in [1.165, 1.54) is 23.9 Å². The van der Waals surface area contributed by atoms with Crippen molar-refractivity contribution in [2.75, 3.05) is 5.75 Å². The number of phenols is 1. The van der Waals surface area contributed by atoms with Crippen molar-refractivity contribution in [2.45, 2.75) is 4.90 Å². The van der Waals surface area contributed by atoms with Gasteiger partial charge in [-0.3, -0.25) is 9.78 Å². The number of benzene rings is 2. The van der Waals surface area contributed by atoms with E-state index >= 15 is 0 Å². The summed E-state index contributed by atoms with van der Waals surface area (Å²) in [5, 5.41) is 10.3. The van der Waals surface area contributed by atoms with Crippen LogP contribution in [0, 0.1) is 0 Å². The molecule has 0 atom stereocenters. The average molecular weight is 295 g/mol. The Bertz CT molecular complexity index is 779. The Balaban J connectivity index is 1.77. The van der Waals surface area contributed by atoms with Gasteiger partial charge in [-0.1, -0.05) is 18.2 Å². The molecule has 0 saturated heterocycles. The Hall–Kier alpha value is -2.33. The maximum absolute atomic E-state index is 12.1. The first-order chi connectivity index (χ1) is 10.2. The molecule has 1 aromatic heterocycles. The fourth-order valence-corrected chi connectivity index (χ4v) is 3.01. The Morgan fingerprint density at radius 3 is 2.62 bits per heavy atom. The zero-order valence-electron chi connectivity index (χ0n) is 11.2. The topological polar surface area (TPSA) is 50.2 Å². The SMILES string of the molecule is O=C(CSc1ccnc2ccccc12)c1ccc(O)cc1. The molecule has 3 rings (SSSR count). The number of fused-ring (bicyclic) bond motifs is 1. The molecule has 1 heterocycles. The number of ketones is 1. The van der Waals surface area contributed by atoms with Gasteiger partial charge in [0.15, 0.2) is 5.78 Å². The Labute approximate surface area is 126 Å². The third-order valence-corrected chi connectivity index (χ3v) is 4.23. The van der Waals surface area contributed by atoms with Crippen LogP contribution < -0.4 is 0 Å². The summed E-state index contributed by atoms with van der Waals surface area (Å²) in [6.07, 6.45) is 1.76. The number of phenolic OH excluding ortho intramolecular Hbond substituents is 1. The molecule has 0 amide bonds. The molecular formula is C17H13NO2S. The number of para-hydroxylation sites is 1. The van der Waals surface area contributed by atoms with E-state index in [0.29, 0.717) is 11.3 Å². The molecule has 0 fully saturated rings. The highest BCUT2D eigenvalue weighted by atomic mass is 32.2. The smallest absolute Gasteiger partial charge is 0.173 e. The second-order valence-electron chi connectivity index (χ2n) is 4.58. The quantitative estimate of drug-likeness (QED) is 0.585. The summed E-state index contributed by atoms with van der Waals surface area (Å²) >= 11 is 1.51. The molecule has 0 spiro atoms. The summed E-state index contributed by atoms with van der Waals surface area (Å²) < 4.78 is 0. The minimum Gasteiger partial charge on any atom is -0.508 e. The zero-order chi connectivity index (χ0) is 14.7. The first-order valence-electron chi connectivity index (χ1n) is 6.53. The third-order valence-electron chi connectivity index (χ3n) is 3.16. The largest absolute Gasteiger partial charge is 0.508 e. The number of carbonyl (C=O) groups is 1. The van der Waals surface area contributed by atoms with E-state index < -0.39 is 0 Å². The van der Waals surface area contributed by atoms with Crippen LogP contribution in [-0.2, 0) is 0 Å². The molecule has 0 radical (unpaired) electrons. The fourth-order valence-electron chi connectivity index (χ4n) is 2.07. The number of nitrogens with zero attached hydrogens (tertiary/aromatic N) is 1. The van der Waals surface area contributed by atoms with E-state index in [2.05, 4.69) is 4.98 Å². The summed E-state index contributed by atoms with van der Waals surface area (Å²) in [6.45, 7) is 0. The molecule has 0 aliphatic heterocycles. The van der Waals surface area contributed by atoms with Gasteiger partial charge in [0.25, 0.3) is 0 Å². The van der Waals surface area contributed by atoms with Crippen LogP contribution in [0.15, 0.2) is 65.7 Å². The summed E-state index contributed by atoms with van der Waals surface area (Å²) in [4.78, 5) is 17.5. The van der Waals surface area contributed by atoms with Gasteiger partial charge in [0, 0.05) is 22.0 Å². The summed E-state index contributed by atoms with van der Waals surface area (Å²) in [7, 11) is 0. The van der Waals surface area contributed by atoms with Crippen LogP contribution in [0.4, 0.5) is 0 Å². The standard InChI is InChI=1S/C17H13NO2S/c19-13-7-5-12(6-8-13)16(20)11-21-17-9-10-18-15-4-2-1-3-14(15)17/h1-10,19H,11H2. The maximum Gasteiger partial charge on any atom is 0.173 e. The first-order valence-corrected chi connectivity index (χ1v) is 7.51. The summed E-state index contributed by atoms with van der Waals surface area (Å²) in [5.41, 5.74) is 1.54. The van der Waals surface area contributed by atoms with Crippen LogP contribution in [-0.4, -0.2) is 21.6 Å². The van der Waals surface area contributed by atoms with E-state index in [-0.39, 0.29) is 11.5 Å². The first kappa shape index (κ1) is 13.6. The monoisotopic (exact) mass is 295 g/mol. The van der Waals surface area contributed by atoms with Crippen LogP contribution in [0.5, 0.6) is 5.75 Å². The molecule has 2 aromatic carbocycles. The number of pyridine rings is 1. The molecule has 3 aromatic rings. The lowest BCUT2D eigenvalue weighted by molar-refractivity contribution is 0.102. The van der Waals surface area contributed by atoms with E-state index in [1.54, 1.807) is 18.3 Å². The second kappa shape index (κ2) is 5.97. The Kier molecular flexibility index (Phi) is 3.88. The molecule has 0 saturated carbocycles. The normalized spacial score (nSPS) is 10.7. The number of hydrogen-bond acceptors (Lipinski definition) is 4. The highest BCUT2D eigenvalue weighted by Crippen LogP contribution is 2.27. The van der Waals surface area contributed by atoms with Crippen molar-refractivity contribution in [1.29, 1.82) is 0 Å². The highest BCUT2D eigenvalue weighted by molar-refractivity contribution is 8.00. The average Bonchev–Trinajstić information content (AvgIpc) is 2.53. The summed E-state index contributed by atoms with van der Waals surface area (Å²) in [6, 6.07) is 16.2. The lowest BCUT2D eigenvalue weighted by Gasteiger charge is -2.05. The van der Waals surface area contributed by atoms with Gasteiger partial charge in [-0.05, 0) is 36.4 Å². The maximum atomic E-state index is 12.1. The molecule has 21 heavy (non-hydrogen) atoms. The predicted octanol–water partition coefficient (Wildman–Crippen LogP) is 3.92. The van der Waals surface area contributed by atoms with Crippen molar-refractivity contribution in [3.8, 4) is 5.75 Å². The number of aromatic nitrogens is 1. The van der Waals surface area contributed by atoms with E-state index in [0.717, 1.165) is 15.8 Å². The van der Waals surface area contributed by atoms with Crippen LogP contribution in [0.1, 0.15) is 10.4 Å². The number of carbonyl (C=O) groups excluding carboxylic acids is 1. The molecule has 0 aliphatic carbocycles. The molecule has 104 valence electrons. The number of Topliss-reactive ketones (excluding diaryl/α,β-unsaturated/α-hetero) is 1. The van der Waals surface area contributed by atoms with Gasteiger partial charge in [0.2, 0.25) is 0 Å². The second-order valence-corrected chi connectivity index (χ2v) is 5.60. The lowest BCUT2D eigenvalue weighted by atomic mass is 10.1. The van der Waals surface area contributed by atoms with Gasteiger partial charge in [-0.2, -0.15) is 0 Å². The van der Waals surface area contributed by atoms with Crippen molar-refractivity contribution in [3.05, 3.63) is 66.4 Å². The van der Waals surface area contributed by atoms with Crippen LogP contribution >= 0.6 is 11.8 Å². The molecule has 0 unspecified atom stereocenters. The Morgan fingerprint density at radius 2 is 1.81 bits per heavy atom. The van der Waals surface area contributed by atoms with Crippen LogP contribution in [0.25, 0.3) is 10.9 Å². The van der Waals surface area contributed by atoms with E-state index in [9.17, 15) is 9.90 Å². The number of hydrogen-bond donors (Lipinski definition) is 1. The van der Waals surface area contributed by atoms with Gasteiger partial charge < -0.3 is 5.11 Å². The van der Waals surface area contributed by atoms with E-state index in [1.807, 2.05) is 30.3 Å². The summed E-state index contributed by atoms with van der Waals surface area (Å²) in [5.74, 6) is 0.568. The molecule has 4 heteroatoms. The third kappa shape index (κ3) is 3.06. The van der Waals surface area contributed by atoms with E-state index in [4.69, 9.17) is 0 Å². The minimum atomic E-state index is 0.0425. The molecule has 1 N–H and O–H groups in total. The van der Waals surface area contributed by atoms with Gasteiger partial charge >= 0.3 is 0 Å². The van der Waals surface area contributed by atoms with Crippen molar-refractivity contribution in [3.63, 3.8) is 0 Å². The van der Waals surface area contributed by atoms with Gasteiger partial charge in [0.05, 0.1) is 11.3 Å². The van der Waals surface area contributed by atoms with Gasteiger partial charge in [-0.25, -0.2) is 0 Å². The molecular weight excluding hydrogens is 282 g/mol. The Morgan fingerprint density at radius 1 is 1.05 bits per heavy atom. The highest BCUT2D eigenvalue weighted by Gasteiger charge is 2.08. The minimum absolute atomic E-state index is 0.0425. The predicted molar refractivity (Wildman–Crippen MR) is 84.9 cm³/mol. The fraction of sp³-hybridized carbons (Fsp3) is 0.0588. The van der Waals surface area contributed by atoms with Gasteiger partial charge in [0.1, 0.15) is 5.75 Å². The van der Waals surface area contributed by atoms with Crippen molar-refractivity contribution < 1.29 is 9.90 Å². The van der Waals surface area contributed by atoms with Crippen LogP contribution in [0.2, 0.25) is 0 Å². The van der Waals surface area contributed by atoms with Crippen molar-refractivity contribution in [2.24, 2.45) is 0 Å². The number of thioether (sulfide) groups is 1. The van der Waals surface area contributed by atoms with Crippen molar-refractivity contribution in [1.82, 2.24) is 4.98 Å². The zero-order valence-corrected chi connectivity index (χ0v) is 12.0. The van der Waals surface area contributed by atoms with Gasteiger partial charge in [-0.15, -0.1) is 11.8 Å². The molecule has 3 nitrogen and oxygen atoms in total. The van der Waals surface area contributed by atoms with Crippen LogP contribution in [0.3, 0.4) is 0 Å². The molecule has 0 bridgehead atoms. The van der Waals surface area contributed by atoms with Crippen molar-refractivity contribution >= 4 is 28.4 Å². The number of aromatic hydroxyl groups is 1. The lowest BCUT2D eigenvalue weighted by Crippen LogP contribution is -2.01. The number of rotatable bonds is 4. The molecule has 0 aliphatic rings.